The van der Waals surface area contributed by atoms with E-state index in [0.29, 0.717) is 50.5 Å². The van der Waals surface area contributed by atoms with Crippen LogP contribution in [0.3, 0.4) is 0 Å². The molecule has 0 unspecified atom stereocenters. The van der Waals surface area contributed by atoms with Crippen molar-refractivity contribution < 1.29 is 23.4 Å². The number of allylic oxidation sites excluding steroid dienone is 2. The molecule has 0 saturated heterocycles. The molecule has 1 aromatic carbocycles. The summed E-state index contributed by atoms with van der Waals surface area (Å²) in [6.07, 6.45) is 16.4. The number of fused-ring (bicyclic) bond motifs is 10. The molecule has 6 nitrogen and oxygen atoms in total. The van der Waals surface area contributed by atoms with Crippen LogP contribution < -0.4 is 0 Å². The van der Waals surface area contributed by atoms with Gasteiger partial charge in [-0.05, 0) is 130 Å². The maximum absolute atomic E-state index is 14.3. The summed E-state index contributed by atoms with van der Waals surface area (Å²) in [5.41, 5.74) is 2.41. The Morgan fingerprint density at radius 2 is 1.74 bits per heavy atom. The van der Waals surface area contributed by atoms with E-state index >= 15 is 0 Å². The van der Waals surface area contributed by atoms with E-state index in [1.165, 1.54) is 24.7 Å². The lowest BCUT2D eigenvalue weighted by Gasteiger charge is -2.60. The van der Waals surface area contributed by atoms with Crippen LogP contribution in [-0.4, -0.2) is 59.8 Å². The van der Waals surface area contributed by atoms with Gasteiger partial charge in [0.15, 0.2) is 5.78 Å². The van der Waals surface area contributed by atoms with E-state index in [1.54, 1.807) is 4.31 Å². The summed E-state index contributed by atoms with van der Waals surface area (Å²) in [7, 11) is -3.56. The summed E-state index contributed by atoms with van der Waals surface area (Å²) >= 11 is 0. The van der Waals surface area contributed by atoms with Gasteiger partial charge in [-0.1, -0.05) is 63.8 Å². The summed E-state index contributed by atoms with van der Waals surface area (Å²) in [5.74, 6) is 1.75. The van der Waals surface area contributed by atoms with E-state index in [2.05, 4.69) is 52.0 Å². The molecule has 4 bridgehead atoms. The van der Waals surface area contributed by atoms with Crippen molar-refractivity contribution in [2.24, 2.45) is 34.5 Å². The highest BCUT2D eigenvalue weighted by atomic mass is 32.2. The third kappa shape index (κ3) is 6.81. The Hall–Kier alpha value is -1.54. The Morgan fingerprint density at radius 3 is 2.43 bits per heavy atom. The highest BCUT2D eigenvalue weighted by Gasteiger charge is 2.59. The minimum Gasteiger partial charge on any atom is -0.393 e. The van der Waals surface area contributed by atoms with E-state index in [0.717, 1.165) is 74.0 Å². The molecule has 0 spiro atoms. The maximum Gasteiger partial charge on any atom is 0.211 e. The van der Waals surface area contributed by atoms with Gasteiger partial charge in [0.25, 0.3) is 0 Å². The Morgan fingerprint density at radius 1 is 1.00 bits per heavy atom. The van der Waals surface area contributed by atoms with Crippen LogP contribution in [0.15, 0.2) is 29.8 Å². The van der Waals surface area contributed by atoms with Crippen LogP contribution >= 0.6 is 0 Å². The van der Waals surface area contributed by atoms with Gasteiger partial charge in [0.1, 0.15) is 0 Å². The van der Waals surface area contributed by atoms with Crippen LogP contribution in [-0.2, 0) is 16.4 Å². The molecule has 5 fully saturated rings. The number of hydrogen-bond donors (Lipinski definition) is 2. The molecule has 0 aromatic heterocycles. The van der Waals surface area contributed by atoms with Crippen LogP contribution in [0.5, 0.6) is 0 Å². The van der Waals surface area contributed by atoms with Crippen molar-refractivity contribution in [3.63, 3.8) is 0 Å². The number of ketones is 1. The maximum atomic E-state index is 14.3. The number of nitrogens with zero attached hydrogens (tertiary/aromatic N) is 1. The second kappa shape index (κ2) is 13.3. The smallest absolute Gasteiger partial charge is 0.211 e. The number of rotatable bonds is 7. The summed E-state index contributed by atoms with van der Waals surface area (Å²) < 4.78 is 28.6. The second-order valence-electron chi connectivity index (χ2n) is 17.4. The number of carbonyl (C=O) groups is 1. The molecule has 0 amide bonds. The Balaban J connectivity index is 1.37. The van der Waals surface area contributed by atoms with E-state index in [-0.39, 0.29) is 29.6 Å². The number of benzene rings is 1. The minimum atomic E-state index is -3.56. The second-order valence-corrected chi connectivity index (χ2v) is 19.4. The van der Waals surface area contributed by atoms with Crippen molar-refractivity contribution in [1.29, 1.82) is 0 Å². The standard InChI is InChI=1S/C40H61NO5S/c1-27-10-9-20-39(4)35(33-18-14-28(22-32(42)17-13-27)23-34(33)37(43)29-11-7-6-8-12-29)19-21-40(39,44)26-41(47(5,45)46)25-30-15-16-31-24-36(30)38(31,2)3/h10,14,18,23,29-32,35-36,42,44H,6-9,11-13,15-17,19-22,24-26H2,1-5H3/t30-,31-,32-,35-,36-,39-,40+/m0/s1. The SMILES string of the molecule is CC1=CCC[C@@]2(C)[C@@H](CC[C@@]2(O)CN(C[C@@H]2CC[C@H]3C[C@@H]2C3(C)C)S(C)(=O)=O)c2ccc(cc2C(=O)C2CCCCC2)C[C@@H](O)CC1. The van der Waals surface area contributed by atoms with E-state index in [4.69, 9.17) is 0 Å². The quantitative estimate of drug-likeness (QED) is 0.228. The number of sulfonamides is 1. The third-order valence-electron chi connectivity index (χ3n) is 14.3. The zero-order chi connectivity index (χ0) is 33.8. The summed E-state index contributed by atoms with van der Waals surface area (Å²) in [4.78, 5) is 14.3. The number of Topliss-reactive ketones (excluding diaryl/α,β-unsaturated/α-hetero) is 1. The van der Waals surface area contributed by atoms with Gasteiger partial charge in [-0.2, -0.15) is 4.31 Å². The van der Waals surface area contributed by atoms with E-state index < -0.39 is 27.1 Å². The largest absolute Gasteiger partial charge is 0.393 e. The predicted octanol–water partition coefficient (Wildman–Crippen LogP) is 7.82. The first-order valence-corrected chi connectivity index (χ1v) is 20.7. The minimum absolute atomic E-state index is 0.0188. The van der Waals surface area contributed by atoms with Gasteiger partial charge < -0.3 is 10.2 Å². The van der Waals surface area contributed by atoms with Crippen molar-refractivity contribution in [2.75, 3.05) is 19.3 Å². The molecule has 262 valence electrons. The Labute approximate surface area is 284 Å². The molecule has 8 rings (SSSR count). The Kier molecular flexibility index (Phi) is 9.99. The lowest BCUT2D eigenvalue weighted by Crippen LogP contribution is -2.58. The molecule has 7 aliphatic carbocycles. The van der Waals surface area contributed by atoms with Crippen LogP contribution in [0, 0.1) is 34.5 Å². The van der Waals surface area contributed by atoms with Crippen molar-refractivity contribution >= 4 is 15.8 Å². The predicted molar refractivity (Wildman–Crippen MR) is 189 cm³/mol. The molecule has 2 N–H and O–H groups in total. The van der Waals surface area contributed by atoms with Gasteiger partial charge in [0.2, 0.25) is 10.0 Å². The van der Waals surface area contributed by atoms with Crippen molar-refractivity contribution in [1.82, 2.24) is 4.31 Å². The van der Waals surface area contributed by atoms with Crippen LogP contribution in [0.1, 0.15) is 145 Å². The summed E-state index contributed by atoms with van der Waals surface area (Å²) in [6, 6.07) is 6.26. The molecule has 7 heteroatoms. The third-order valence-corrected chi connectivity index (χ3v) is 15.5. The molecule has 0 heterocycles. The molecule has 7 atom stereocenters. The van der Waals surface area contributed by atoms with Gasteiger partial charge in [0, 0.05) is 30.0 Å². The first-order valence-electron chi connectivity index (χ1n) is 18.8. The zero-order valence-electron chi connectivity index (χ0n) is 29.8. The van der Waals surface area contributed by atoms with Crippen molar-refractivity contribution in [3.05, 3.63) is 46.5 Å². The van der Waals surface area contributed by atoms with Gasteiger partial charge in [-0.15, -0.1) is 0 Å². The van der Waals surface area contributed by atoms with E-state index in [9.17, 15) is 23.4 Å². The topological polar surface area (TPSA) is 94.9 Å². The first-order chi connectivity index (χ1) is 22.1. The molecule has 0 radical (unpaired) electrons. The molecule has 5 saturated carbocycles. The zero-order valence-corrected chi connectivity index (χ0v) is 30.6. The fourth-order valence-corrected chi connectivity index (χ4v) is 11.8. The normalized spacial score (nSPS) is 36.3. The molecule has 1 aromatic rings. The van der Waals surface area contributed by atoms with Crippen LogP contribution in [0.25, 0.3) is 0 Å². The van der Waals surface area contributed by atoms with Gasteiger partial charge in [0.05, 0.1) is 18.0 Å². The molecular weight excluding hydrogens is 607 g/mol. The van der Waals surface area contributed by atoms with Crippen LogP contribution in [0.4, 0.5) is 0 Å². The summed E-state index contributed by atoms with van der Waals surface area (Å²) in [5, 5.41) is 23.8. The number of aliphatic hydroxyl groups is 2. The fraction of sp³-hybridized carbons (Fsp3) is 0.775. The van der Waals surface area contributed by atoms with Crippen molar-refractivity contribution in [2.45, 2.75) is 142 Å². The van der Waals surface area contributed by atoms with E-state index in [1.807, 2.05) is 0 Å². The average molecular weight is 668 g/mol. The monoisotopic (exact) mass is 667 g/mol. The van der Waals surface area contributed by atoms with Crippen molar-refractivity contribution in [3.8, 4) is 0 Å². The number of hydrogen-bond acceptors (Lipinski definition) is 5. The molecular formula is C40H61NO5S. The molecule has 0 aliphatic heterocycles. The van der Waals surface area contributed by atoms with Gasteiger partial charge in [-0.25, -0.2) is 8.42 Å². The molecule has 47 heavy (non-hydrogen) atoms. The average Bonchev–Trinajstić information content (AvgIpc) is 3.28. The lowest BCUT2D eigenvalue weighted by atomic mass is 9.45. The Bertz CT molecular complexity index is 1460. The highest BCUT2D eigenvalue weighted by Crippen LogP contribution is 2.62. The fourth-order valence-electron chi connectivity index (χ4n) is 10.8. The van der Waals surface area contributed by atoms with Gasteiger partial charge >= 0.3 is 0 Å². The van der Waals surface area contributed by atoms with Crippen LogP contribution in [0.2, 0.25) is 0 Å². The summed E-state index contributed by atoms with van der Waals surface area (Å²) in [6.45, 7) is 9.57. The highest BCUT2D eigenvalue weighted by molar-refractivity contribution is 7.88. The number of carbonyl (C=O) groups excluding carboxylic acids is 1. The number of aliphatic hydroxyl groups excluding tert-OH is 1. The lowest BCUT2D eigenvalue weighted by molar-refractivity contribution is -0.114. The molecule has 7 aliphatic rings. The first kappa shape index (κ1) is 35.3. The van der Waals surface area contributed by atoms with Gasteiger partial charge in [-0.3, -0.25) is 4.79 Å².